The summed E-state index contributed by atoms with van der Waals surface area (Å²) < 4.78 is 23.1. The first-order chi connectivity index (χ1) is 11.3. The fraction of sp³-hybridized carbons (Fsp3) is 0.294. The second-order valence-corrected chi connectivity index (χ2v) is 7.99. The van der Waals surface area contributed by atoms with Crippen LogP contribution in [0.15, 0.2) is 47.5 Å². The van der Waals surface area contributed by atoms with Crippen molar-refractivity contribution in [3.63, 3.8) is 0 Å². The number of pyridine rings is 1. The number of anilines is 1. The first-order valence-corrected chi connectivity index (χ1v) is 9.90. The molecule has 0 fully saturated rings. The molecule has 0 saturated carbocycles. The zero-order valence-electron chi connectivity index (χ0n) is 13.9. The molecule has 1 aromatic carbocycles. The lowest BCUT2D eigenvalue weighted by atomic mass is 10.1. The summed E-state index contributed by atoms with van der Waals surface area (Å²) in [5.41, 5.74) is 1.99. The van der Waals surface area contributed by atoms with Gasteiger partial charge in [0, 0.05) is 12.5 Å². The SMILES string of the molecule is CC[C@H](NC(=S)Nc1ncccc1C)c1ccc(S(C)(=O)=O)cc1. The zero-order valence-corrected chi connectivity index (χ0v) is 15.5. The Morgan fingerprint density at radius 2 is 1.92 bits per heavy atom. The van der Waals surface area contributed by atoms with Crippen LogP contribution in [0.2, 0.25) is 0 Å². The molecule has 1 heterocycles. The number of sulfone groups is 1. The third-order valence-electron chi connectivity index (χ3n) is 3.67. The van der Waals surface area contributed by atoms with E-state index in [4.69, 9.17) is 12.2 Å². The van der Waals surface area contributed by atoms with E-state index in [-0.39, 0.29) is 6.04 Å². The molecule has 0 aliphatic heterocycles. The van der Waals surface area contributed by atoms with Crippen LogP contribution in [-0.4, -0.2) is 24.8 Å². The maximum atomic E-state index is 11.5. The molecule has 2 N–H and O–H groups in total. The third kappa shape index (κ3) is 4.75. The Kier molecular flexibility index (Phi) is 5.90. The van der Waals surface area contributed by atoms with E-state index in [1.54, 1.807) is 18.3 Å². The highest BCUT2D eigenvalue weighted by Gasteiger charge is 2.13. The summed E-state index contributed by atoms with van der Waals surface area (Å²) in [6.45, 7) is 4.00. The van der Waals surface area contributed by atoms with Crippen molar-refractivity contribution < 1.29 is 8.42 Å². The highest BCUT2D eigenvalue weighted by molar-refractivity contribution is 7.90. The summed E-state index contributed by atoms with van der Waals surface area (Å²) in [6.07, 6.45) is 3.71. The van der Waals surface area contributed by atoms with E-state index in [9.17, 15) is 8.42 Å². The summed E-state index contributed by atoms with van der Waals surface area (Å²) in [5.74, 6) is 0.720. The van der Waals surface area contributed by atoms with E-state index in [0.717, 1.165) is 23.4 Å². The van der Waals surface area contributed by atoms with E-state index < -0.39 is 9.84 Å². The van der Waals surface area contributed by atoms with E-state index >= 15 is 0 Å². The van der Waals surface area contributed by atoms with Gasteiger partial charge in [-0.25, -0.2) is 13.4 Å². The predicted molar refractivity (Wildman–Crippen MR) is 101 cm³/mol. The molecule has 0 aliphatic rings. The van der Waals surface area contributed by atoms with Crippen LogP contribution in [0.5, 0.6) is 0 Å². The van der Waals surface area contributed by atoms with Crippen LogP contribution in [-0.2, 0) is 9.84 Å². The normalized spacial score (nSPS) is 12.5. The van der Waals surface area contributed by atoms with Crippen LogP contribution in [0.25, 0.3) is 0 Å². The standard InChI is InChI=1S/C17H21N3O2S2/c1-4-15(13-7-9-14(10-8-13)24(3,21)22)19-17(23)20-16-12(2)6-5-11-18-16/h5-11,15H,4H2,1-3H3,(H2,18,19,20,23)/t15-/m0/s1. The van der Waals surface area contributed by atoms with Crippen LogP contribution in [0, 0.1) is 6.92 Å². The minimum atomic E-state index is -3.19. The van der Waals surface area contributed by atoms with Gasteiger partial charge in [0.2, 0.25) is 0 Å². The van der Waals surface area contributed by atoms with Gasteiger partial charge >= 0.3 is 0 Å². The largest absolute Gasteiger partial charge is 0.356 e. The zero-order chi connectivity index (χ0) is 17.7. The van der Waals surface area contributed by atoms with Gasteiger partial charge in [-0.2, -0.15) is 0 Å². The molecule has 0 radical (unpaired) electrons. The Labute approximate surface area is 148 Å². The average Bonchev–Trinajstić information content (AvgIpc) is 2.54. The Morgan fingerprint density at radius 3 is 2.46 bits per heavy atom. The molecule has 24 heavy (non-hydrogen) atoms. The quantitative estimate of drug-likeness (QED) is 0.795. The van der Waals surface area contributed by atoms with Crippen LogP contribution >= 0.6 is 12.2 Å². The van der Waals surface area contributed by atoms with Gasteiger partial charge in [-0.05, 0) is 54.9 Å². The molecule has 0 aliphatic carbocycles. The van der Waals surface area contributed by atoms with Gasteiger partial charge in [-0.1, -0.05) is 25.1 Å². The van der Waals surface area contributed by atoms with Gasteiger partial charge in [-0.3, -0.25) is 0 Å². The lowest BCUT2D eigenvalue weighted by molar-refractivity contribution is 0.601. The summed E-state index contributed by atoms with van der Waals surface area (Å²) in [5, 5.41) is 6.82. The molecule has 5 nitrogen and oxygen atoms in total. The number of rotatable bonds is 5. The molecule has 0 unspecified atom stereocenters. The second kappa shape index (κ2) is 7.72. The van der Waals surface area contributed by atoms with Gasteiger partial charge in [0.15, 0.2) is 14.9 Å². The molecule has 2 rings (SSSR count). The highest BCUT2D eigenvalue weighted by Crippen LogP contribution is 2.19. The molecule has 128 valence electrons. The lowest BCUT2D eigenvalue weighted by Crippen LogP contribution is -2.32. The van der Waals surface area contributed by atoms with E-state index in [1.807, 2.05) is 38.1 Å². The average molecular weight is 364 g/mol. The molecule has 0 spiro atoms. The van der Waals surface area contributed by atoms with Gasteiger partial charge < -0.3 is 10.6 Å². The smallest absolute Gasteiger partial charge is 0.175 e. The Morgan fingerprint density at radius 1 is 1.25 bits per heavy atom. The summed E-state index contributed by atoms with van der Waals surface area (Å²) in [6, 6.07) is 10.7. The van der Waals surface area contributed by atoms with Crippen molar-refractivity contribution in [2.24, 2.45) is 0 Å². The Bertz CT molecular complexity index is 818. The topological polar surface area (TPSA) is 71.1 Å². The minimum absolute atomic E-state index is 0.0115. The number of hydrogen-bond acceptors (Lipinski definition) is 4. The van der Waals surface area contributed by atoms with Gasteiger partial charge in [0.1, 0.15) is 5.82 Å². The molecule has 2 aromatic rings. The molecule has 1 aromatic heterocycles. The first kappa shape index (κ1) is 18.4. The van der Waals surface area contributed by atoms with Crippen LogP contribution < -0.4 is 10.6 Å². The van der Waals surface area contributed by atoms with Crippen molar-refractivity contribution >= 4 is 33.0 Å². The maximum Gasteiger partial charge on any atom is 0.175 e. The number of nitrogens with zero attached hydrogens (tertiary/aromatic N) is 1. The van der Waals surface area contributed by atoms with E-state index in [1.165, 1.54) is 6.26 Å². The second-order valence-electron chi connectivity index (χ2n) is 5.57. The Hall–Kier alpha value is -1.99. The molecular weight excluding hydrogens is 342 g/mol. The third-order valence-corrected chi connectivity index (χ3v) is 5.01. The molecule has 0 saturated heterocycles. The maximum absolute atomic E-state index is 11.5. The van der Waals surface area contributed by atoms with Crippen molar-refractivity contribution in [3.05, 3.63) is 53.7 Å². The van der Waals surface area contributed by atoms with Crippen LogP contribution in [0.4, 0.5) is 5.82 Å². The summed E-state index contributed by atoms with van der Waals surface area (Å²) >= 11 is 5.37. The fourth-order valence-corrected chi connectivity index (χ4v) is 3.16. The molecule has 0 bridgehead atoms. The van der Waals surface area contributed by atoms with Crippen LogP contribution in [0.1, 0.15) is 30.5 Å². The fourth-order valence-electron chi connectivity index (χ4n) is 2.29. The summed E-state index contributed by atoms with van der Waals surface area (Å²) in [7, 11) is -3.19. The van der Waals surface area contributed by atoms with Crippen molar-refractivity contribution in [2.45, 2.75) is 31.2 Å². The number of benzene rings is 1. The Balaban J connectivity index is 2.09. The van der Waals surface area contributed by atoms with Crippen molar-refractivity contribution in [1.29, 1.82) is 0 Å². The summed E-state index contributed by atoms with van der Waals surface area (Å²) in [4.78, 5) is 4.57. The van der Waals surface area contributed by atoms with Crippen molar-refractivity contribution in [2.75, 3.05) is 11.6 Å². The van der Waals surface area contributed by atoms with Gasteiger partial charge in [-0.15, -0.1) is 0 Å². The van der Waals surface area contributed by atoms with E-state index in [2.05, 4.69) is 15.6 Å². The lowest BCUT2D eigenvalue weighted by Gasteiger charge is -2.20. The monoisotopic (exact) mass is 363 g/mol. The number of thiocarbonyl (C=S) groups is 1. The number of aromatic nitrogens is 1. The number of aryl methyl sites for hydroxylation is 1. The number of nitrogens with one attached hydrogen (secondary N) is 2. The molecule has 0 amide bonds. The van der Waals surface area contributed by atoms with Gasteiger partial charge in [0.25, 0.3) is 0 Å². The van der Waals surface area contributed by atoms with Gasteiger partial charge in [0.05, 0.1) is 10.9 Å². The predicted octanol–water partition coefficient (Wildman–Crippen LogP) is 3.23. The molecule has 1 atom stereocenters. The van der Waals surface area contributed by atoms with Crippen LogP contribution in [0.3, 0.4) is 0 Å². The minimum Gasteiger partial charge on any atom is -0.356 e. The molecule has 7 heteroatoms. The highest BCUT2D eigenvalue weighted by atomic mass is 32.2. The van der Waals surface area contributed by atoms with Crippen molar-refractivity contribution in [3.8, 4) is 0 Å². The first-order valence-electron chi connectivity index (χ1n) is 7.60. The van der Waals surface area contributed by atoms with Crippen molar-refractivity contribution in [1.82, 2.24) is 10.3 Å². The van der Waals surface area contributed by atoms with E-state index in [0.29, 0.717) is 10.0 Å². The molecular formula is C17H21N3O2S2. The number of hydrogen-bond donors (Lipinski definition) is 2.